The first kappa shape index (κ1) is 17.5. The second kappa shape index (κ2) is 8.15. The van der Waals surface area contributed by atoms with Crippen molar-refractivity contribution in [1.82, 2.24) is 20.5 Å². The van der Waals surface area contributed by atoms with Gasteiger partial charge in [-0.1, -0.05) is 42.5 Å². The Morgan fingerprint density at radius 2 is 1.88 bits per heavy atom. The highest BCUT2D eigenvalue weighted by atomic mass is 19.1. The number of nitrogens with one attached hydrogen (secondary N) is 2. The molecule has 1 aromatic heterocycles. The van der Waals surface area contributed by atoms with Crippen molar-refractivity contribution in [2.45, 2.75) is 19.4 Å². The number of aromatic nitrogens is 3. The molecule has 0 bridgehead atoms. The number of hydrogen-bond donors (Lipinski definition) is 2. The van der Waals surface area contributed by atoms with E-state index in [9.17, 15) is 14.0 Å². The SMILES string of the molecule is O=C(CCc1nnc(-c2ccccc2)[nH]c1=O)NCc1cccc(F)c1. The molecule has 3 aromatic rings. The predicted molar refractivity (Wildman–Crippen MR) is 94.7 cm³/mol. The van der Waals surface area contributed by atoms with Gasteiger partial charge in [-0.2, -0.15) is 0 Å². The molecule has 0 aliphatic carbocycles. The maximum Gasteiger partial charge on any atom is 0.273 e. The fraction of sp³-hybridized carbons (Fsp3) is 0.158. The number of rotatable bonds is 6. The number of amides is 1. The summed E-state index contributed by atoms with van der Waals surface area (Å²) in [6.45, 7) is 0.228. The minimum atomic E-state index is -0.364. The van der Waals surface area contributed by atoms with Crippen LogP contribution in [-0.4, -0.2) is 21.1 Å². The molecule has 7 heteroatoms. The normalized spacial score (nSPS) is 10.5. The summed E-state index contributed by atoms with van der Waals surface area (Å²) in [6, 6.07) is 15.2. The van der Waals surface area contributed by atoms with Crippen molar-refractivity contribution in [3.63, 3.8) is 0 Å². The zero-order chi connectivity index (χ0) is 18.4. The molecule has 26 heavy (non-hydrogen) atoms. The number of aryl methyl sites for hydroxylation is 1. The molecule has 132 valence electrons. The first-order chi connectivity index (χ1) is 12.6. The minimum absolute atomic E-state index is 0.0950. The highest BCUT2D eigenvalue weighted by molar-refractivity contribution is 5.76. The lowest BCUT2D eigenvalue weighted by molar-refractivity contribution is -0.121. The van der Waals surface area contributed by atoms with Gasteiger partial charge in [-0.25, -0.2) is 4.39 Å². The molecule has 0 fully saturated rings. The Labute approximate surface area is 149 Å². The number of halogens is 1. The molecule has 2 aromatic carbocycles. The molecular formula is C19H17FN4O2. The van der Waals surface area contributed by atoms with E-state index in [-0.39, 0.29) is 42.4 Å². The molecule has 0 aliphatic heterocycles. The quantitative estimate of drug-likeness (QED) is 0.712. The minimum Gasteiger partial charge on any atom is -0.352 e. The number of H-pyrrole nitrogens is 1. The molecular weight excluding hydrogens is 335 g/mol. The molecule has 0 atom stereocenters. The average molecular weight is 352 g/mol. The number of aromatic amines is 1. The molecule has 3 rings (SSSR count). The molecule has 0 saturated carbocycles. The van der Waals surface area contributed by atoms with Crippen molar-refractivity contribution in [1.29, 1.82) is 0 Å². The predicted octanol–water partition coefficient (Wildman–Crippen LogP) is 2.22. The molecule has 0 aliphatic rings. The van der Waals surface area contributed by atoms with Crippen LogP contribution in [0.2, 0.25) is 0 Å². The number of hydrogen-bond acceptors (Lipinski definition) is 4. The van der Waals surface area contributed by atoms with E-state index < -0.39 is 0 Å². The lowest BCUT2D eigenvalue weighted by atomic mass is 10.2. The maximum atomic E-state index is 13.1. The van der Waals surface area contributed by atoms with Crippen LogP contribution in [0.3, 0.4) is 0 Å². The van der Waals surface area contributed by atoms with E-state index in [4.69, 9.17) is 0 Å². The number of nitrogens with zero attached hydrogens (tertiary/aromatic N) is 2. The Hall–Kier alpha value is -3.35. The monoisotopic (exact) mass is 352 g/mol. The van der Waals surface area contributed by atoms with Crippen molar-refractivity contribution in [3.8, 4) is 11.4 Å². The van der Waals surface area contributed by atoms with Gasteiger partial charge in [0.25, 0.3) is 5.56 Å². The van der Waals surface area contributed by atoms with Crippen molar-refractivity contribution in [2.24, 2.45) is 0 Å². The lowest BCUT2D eigenvalue weighted by Crippen LogP contribution is -2.25. The van der Waals surface area contributed by atoms with Gasteiger partial charge in [-0.15, -0.1) is 10.2 Å². The Morgan fingerprint density at radius 3 is 2.62 bits per heavy atom. The summed E-state index contributed by atoms with van der Waals surface area (Å²) in [5.41, 5.74) is 1.27. The van der Waals surface area contributed by atoms with Crippen LogP contribution < -0.4 is 10.9 Å². The first-order valence-corrected chi connectivity index (χ1v) is 8.14. The van der Waals surface area contributed by atoms with Crippen LogP contribution in [0.1, 0.15) is 17.7 Å². The summed E-state index contributed by atoms with van der Waals surface area (Å²) in [7, 11) is 0. The van der Waals surface area contributed by atoms with Gasteiger partial charge in [-0.05, 0) is 17.7 Å². The van der Waals surface area contributed by atoms with Gasteiger partial charge in [-0.3, -0.25) is 9.59 Å². The fourth-order valence-corrected chi connectivity index (χ4v) is 2.42. The number of benzene rings is 2. The highest BCUT2D eigenvalue weighted by Gasteiger charge is 2.09. The molecule has 0 spiro atoms. The zero-order valence-corrected chi connectivity index (χ0v) is 13.9. The summed E-state index contributed by atoms with van der Waals surface area (Å²) in [4.78, 5) is 26.7. The Bertz CT molecular complexity index is 957. The Kier molecular flexibility index (Phi) is 5.48. The molecule has 1 amide bonds. The van der Waals surface area contributed by atoms with Crippen LogP contribution in [0, 0.1) is 5.82 Å². The molecule has 2 N–H and O–H groups in total. The van der Waals surface area contributed by atoms with Crippen LogP contribution in [0.5, 0.6) is 0 Å². The van der Waals surface area contributed by atoms with Gasteiger partial charge in [0.05, 0.1) is 0 Å². The van der Waals surface area contributed by atoms with Crippen LogP contribution in [-0.2, 0) is 17.8 Å². The van der Waals surface area contributed by atoms with Gasteiger partial charge in [0.1, 0.15) is 11.5 Å². The molecule has 6 nitrogen and oxygen atoms in total. The van der Waals surface area contributed by atoms with Crippen molar-refractivity contribution >= 4 is 5.91 Å². The zero-order valence-electron chi connectivity index (χ0n) is 13.9. The van der Waals surface area contributed by atoms with Crippen LogP contribution >= 0.6 is 0 Å². The first-order valence-electron chi connectivity index (χ1n) is 8.14. The summed E-state index contributed by atoms with van der Waals surface area (Å²) < 4.78 is 13.1. The number of carbonyl (C=O) groups excluding carboxylic acids is 1. The Morgan fingerprint density at radius 1 is 1.08 bits per heavy atom. The third-order valence-corrected chi connectivity index (χ3v) is 3.78. The van der Waals surface area contributed by atoms with E-state index in [1.807, 2.05) is 30.3 Å². The summed E-state index contributed by atoms with van der Waals surface area (Å²) in [5, 5.41) is 10.6. The largest absolute Gasteiger partial charge is 0.352 e. The van der Waals surface area contributed by atoms with E-state index in [2.05, 4.69) is 20.5 Å². The molecule has 0 radical (unpaired) electrons. The third kappa shape index (κ3) is 4.60. The van der Waals surface area contributed by atoms with E-state index in [0.717, 1.165) is 5.56 Å². The topological polar surface area (TPSA) is 87.7 Å². The average Bonchev–Trinajstić information content (AvgIpc) is 2.66. The summed E-state index contributed by atoms with van der Waals surface area (Å²) in [5.74, 6) is -0.213. The third-order valence-electron chi connectivity index (χ3n) is 3.78. The van der Waals surface area contributed by atoms with Gasteiger partial charge >= 0.3 is 0 Å². The maximum absolute atomic E-state index is 13.1. The van der Waals surface area contributed by atoms with Crippen molar-refractivity contribution < 1.29 is 9.18 Å². The summed E-state index contributed by atoms with van der Waals surface area (Å²) in [6.07, 6.45) is 0.268. The Balaban J connectivity index is 1.56. The van der Waals surface area contributed by atoms with Gasteiger partial charge in [0, 0.05) is 24.9 Å². The molecule has 0 unspecified atom stereocenters. The van der Waals surface area contributed by atoms with Crippen LogP contribution in [0.15, 0.2) is 59.4 Å². The second-order valence-electron chi connectivity index (χ2n) is 5.72. The van der Waals surface area contributed by atoms with Gasteiger partial charge in [0.2, 0.25) is 5.91 Å². The van der Waals surface area contributed by atoms with Crippen molar-refractivity contribution in [2.75, 3.05) is 0 Å². The molecule has 1 heterocycles. The van der Waals surface area contributed by atoms with E-state index >= 15 is 0 Å². The van der Waals surface area contributed by atoms with Crippen molar-refractivity contribution in [3.05, 3.63) is 82.0 Å². The van der Waals surface area contributed by atoms with E-state index in [1.165, 1.54) is 12.1 Å². The van der Waals surface area contributed by atoms with Gasteiger partial charge in [0.15, 0.2) is 5.82 Å². The lowest BCUT2D eigenvalue weighted by Gasteiger charge is -2.05. The smallest absolute Gasteiger partial charge is 0.273 e. The van der Waals surface area contributed by atoms with Gasteiger partial charge < -0.3 is 10.3 Å². The second-order valence-corrected chi connectivity index (χ2v) is 5.72. The van der Waals surface area contributed by atoms with Crippen LogP contribution in [0.4, 0.5) is 4.39 Å². The van der Waals surface area contributed by atoms with E-state index in [0.29, 0.717) is 11.4 Å². The number of carbonyl (C=O) groups is 1. The summed E-state index contributed by atoms with van der Waals surface area (Å²) >= 11 is 0. The standard InChI is InChI=1S/C19H17FN4O2/c20-15-8-4-5-13(11-15)12-21-17(25)10-9-16-19(26)22-18(24-23-16)14-6-2-1-3-7-14/h1-8,11H,9-10,12H2,(H,21,25)(H,22,24,26). The molecule has 0 saturated heterocycles. The van der Waals surface area contributed by atoms with Crippen LogP contribution in [0.25, 0.3) is 11.4 Å². The highest BCUT2D eigenvalue weighted by Crippen LogP contribution is 2.11. The fourth-order valence-electron chi connectivity index (χ4n) is 2.42. The van der Waals surface area contributed by atoms with E-state index in [1.54, 1.807) is 12.1 Å².